The van der Waals surface area contributed by atoms with Crippen LogP contribution in [0.15, 0.2) is 29.3 Å². The van der Waals surface area contributed by atoms with Crippen LogP contribution in [0.1, 0.15) is 25.3 Å². The number of aliphatic imine (C=N–C) groups is 1. The molecule has 0 spiro atoms. The molecular weight excluding hydrogens is 344 g/mol. The van der Waals surface area contributed by atoms with E-state index in [0.29, 0.717) is 25.7 Å². The molecule has 144 valence electrons. The zero-order valence-electron chi connectivity index (χ0n) is 15.1. The summed E-state index contributed by atoms with van der Waals surface area (Å²) in [6.07, 6.45) is 1.68. The maximum absolute atomic E-state index is 12.3. The van der Waals surface area contributed by atoms with Gasteiger partial charge in [0.25, 0.3) is 0 Å². The van der Waals surface area contributed by atoms with Crippen molar-refractivity contribution in [1.29, 1.82) is 0 Å². The number of nitrogens with zero attached hydrogens (tertiary/aromatic N) is 2. The molecule has 0 radical (unpaired) electrons. The Bertz CT molecular complexity index is 625. The van der Waals surface area contributed by atoms with Crippen LogP contribution in [0.4, 0.5) is 8.78 Å². The van der Waals surface area contributed by atoms with Gasteiger partial charge in [0.2, 0.25) is 0 Å². The number of hydrogen-bond donors (Lipinski definition) is 1. The summed E-state index contributed by atoms with van der Waals surface area (Å²) in [5, 5.41) is 3.21. The van der Waals surface area contributed by atoms with E-state index in [4.69, 9.17) is 4.74 Å². The molecule has 1 fully saturated rings. The average Bonchev–Trinajstić information content (AvgIpc) is 2.62. The molecule has 1 aromatic carbocycles. The Morgan fingerprint density at radius 3 is 2.96 bits per heavy atom. The van der Waals surface area contributed by atoms with Crippen molar-refractivity contribution in [1.82, 2.24) is 10.2 Å². The maximum Gasteiger partial charge on any atom is 0.387 e. The van der Waals surface area contributed by atoms with Gasteiger partial charge in [0, 0.05) is 26.7 Å². The van der Waals surface area contributed by atoms with Crippen LogP contribution in [0.2, 0.25) is 0 Å². The topological polar surface area (TPSA) is 63.2 Å². The van der Waals surface area contributed by atoms with Crippen LogP contribution in [-0.2, 0) is 16.1 Å². The predicted molar refractivity (Wildman–Crippen MR) is 94.2 cm³/mol. The first kappa shape index (κ1) is 19.9. The van der Waals surface area contributed by atoms with E-state index in [0.717, 1.165) is 24.9 Å². The largest absolute Gasteiger partial charge is 0.466 e. The van der Waals surface area contributed by atoms with Gasteiger partial charge in [-0.3, -0.25) is 9.79 Å². The highest BCUT2D eigenvalue weighted by Gasteiger charge is 2.28. The first-order chi connectivity index (χ1) is 12.5. The van der Waals surface area contributed by atoms with Crippen LogP contribution in [0, 0.1) is 5.92 Å². The van der Waals surface area contributed by atoms with Crippen molar-refractivity contribution >= 4 is 11.9 Å². The van der Waals surface area contributed by atoms with Gasteiger partial charge in [-0.2, -0.15) is 8.78 Å². The van der Waals surface area contributed by atoms with E-state index in [9.17, 15) is 13.6 Å². The number of carbonyl (C=O) groups excluding carboxylic acids is 1. The molecule has 6 nitrogen and oxygen atoms in total. The Labute approximate surface area is 152 Å². The number of ether oxygens (including phenoxy) is 2. The summed E-state index contributed by atoms with van der Waals surface area (Å²) < 4.78 is 34.2. The average molecular weight is 369 g/mol. The monoisotopic (exact) mass is 369 g/mol. The maximum atomic E-state index is 12.3. The summed E-state index contributed by atoms with van der Waals surface area (Å²) in [5.74, 6) is 0.448. The van der Waals surface area contributed by atoms with Gasteiger partial charge in [-0.1, -0.05) is 12.1 Å². The number of hydrogen-bond acceptors (Lipinski definition) is 4. The normalized spacial score (nSPS) is 18.0. The predicted octanol–water partition coefficient (Wildman–Crippen LogP) is 2.64. The van der Waals surface area contributed by atoms with Crippen LogP contribution in [0.25, 0.3) is 0 Å². The lowest BCUT2D eigenvalue weighted by molar-refractivity contribution is -0.149. The molecular formula is C18H25F2N3O3. The Hall–Kier alpha value is -2.38. The van der Waals surface area contributed by atoms with Gasteiger partial charge >= 0.3 is 12.6 Å². The molecule has 0 amide bonds. The molecule has 1 aliphatic rings. The highest BCUT2D eigenvalue weighted by molar-refractivity contribution is 5.81. The molecule has 8 heteroatoms. The molecule has 0 bridgehead atoms. The lowest BCUT2D eigenvalue weighted by Gasteiger charge is -2.34. The first-order valence-electron chi connectivity index (χ1n) is 8.69. The highest BCUT2D eigenvalue weighted by atomic mass is 19.3. The van der Waals surface area contributed by atoms with Gasteiger partial charge in [-0.15, -0.1) is 0 Å². The molecule has 0 aliphatic carbocycles. The third kappa shape index (κ3) is 5.86. The van der Waals surface area contributed by atoms with Crippen LogP contribution >= 0.6 is 0 Å². The van der Waals surface area contributed by atoms with E-state index in [1.165, 1.54) is 6.07 Å². The molecule has 1 saturated heterocycles. The molecule has 2 rings (SSSR count). The summed E-state index contributed by atoms with van der Waals surface area (Å²) in [6.45, 7) is 1.08. The number of nitrogens with one attached hydrogen (secondary N) is 1. The minimum Gasteiger partial charge on any atom is -0.466 e. The molecule has 0 aromatic heterocycles. The van der Waals surface area contributed by atoms with Crippen molar-refractivity contribution in [2.24, 2.45) is 10.9 Å². The van der Waals surface area contributed by atoms with Gasteiger partial charge in [-0.05, 0) is 37.5 Å². The number of benzene rings is 1. The van der Waals surface area contributed by atoms with E-state index >= 15 is 0 Å². The summed E-state index contributed by atoms with van der Waals surface area (Å²) in [4.78, 5) is 18.3. The van der Waals surface area contributed by atoms with Crippen LogP contribution in [0.5, 0.6) is 5.75 Å². The van der Waals surface area contributed by atoms with Gasteiger partial charge in [0.05, 0.1) is 12.5 Å². The fraction of sp³-hybridized carbons (Fsp3) is 0.556. The fourth-order valence-electron chi connectivity index (χ4n) is 2.97. The van der Waals surface area contributed by atoms with E-state index < -0.39 is 6.61 Å². The SMILES string of the molecule is CCOC(=O)C1CCCN(C(=NC)NCc2cccc(OC(F)F)c2)C1. The number of rotatable bonds is 6. The minimum atomic E-state index is -2.85. The molecule has 1 N–H and O–H groups in total. The van der Waals surface area contributed by atoms with Crippen molar-refractivity contribution in [2.75, 3.05) is 26.7 Å². The molecule has 1 heterocycles. The fourth-order valence-corrected chi connectivity index (χ4v) is 2.97. The van der Waals surface area contributed by atoms with Gasteiger partial charge in [-0.25, -0.2) is 0 Å². The number of alkyl halides is 2. The van der Waals surface area contributed by atoms with Crippen LogP contribution in [0.3, 0.4) is 0 Å². The number of likely N-dealkylation sites (tertiary alicyclic amines) is 1. The smallest absolute Gasteiger partial charge is 0.387 e. The Morgan fingerprint density at radius 1 is 1.46 bits per heavy atom. The van der Waals surface area contributed by atoms with Crippen molar-refractivity contribution < 1.29 is 23.0 Å². The van der Waals surface area contributed by atoms with Gasteiger partial charge in [0.15, 0.2) is 5.96 Å². The Kier molecular flexibility index (Phi) is 7.62. The Morgan fingerprint density at radius 2 is 2.27 bits per heavy atom. The summed E-state index contributed by atoms with van der Waals surface area (Å²) in [7, 11) is 1.67. The lowest BCUT2D eigenvalue weighted by Crippen LogP contribution is -2.48. The standard InChI is InChI=1S/C18H25F2N3O3/c1-3-25-16(24)14-7-5-9-23(12-14)18(21-2)22-11-13-6-4-8-15(10-13)26-17(19)20/h4,6,8,10,14,17H,3,5,7,9,11-12H2,1-2H3,(H,21,22). The third-order valence-corrected chi connectivity index (χ3v) is 4.13. The second-order valence-corrected chi connectivity index (χ2v) is 5.96. The minimum absolute atomic E-state index is 0.120. The van der Waals surface area contributed by atoms with Crippen molar-refractivity contribution in [3.05, 3.63) is 29.8 Å². The number of piperidine rings is 1. The first-order valence-corrected chi connectivity index (χ1v) is 8.69. The lowest BCUT2D eigenvalue weighted by atomic mass is 9.98. The second kappa shape index (κ2) is 9.94. The number of guanidine groups is 1. The third-order valence-electron chi connectivity index (χ3n) is 4.13. The second-order valence-electron chi connectivity index (χ2n) is 5.96. The summed E-state index contributed by atoms with van der Waals surface area (Å²) in [5.41, 5.74) is 0.795. The van der Waals surface area contributed by atoms with E-state index in [1.807, 2.05) is 11.0 Å². The zero-order valence-corrected chi connectivity index (χ0v) is 15.1. The quantitative estimate of drug-likeness (QED) is 0.475. The van der Waals surface area contributed by atoms with E-state index in [2.05, 4.69) is 15.0 Å². The Balaban J connectivity index is 1.94. The molecule has 1 aliphatic heterocycles. The zero-order chi connectivity index (χ0) is 18.9. The number of esters is 1. The highest BCUT2D eigenvalue weighted by Crippen LogP contribution is 2.19. The number of halogens is 2. The number of carbonyl (C=O) groups is 1. The van der Waals surface area contributed by atoms with E-state index in [1.54, 1.807) is 26.1 Å². The molecule has 26 heavy (non-hydrogen) atoms. The molecule has 0 saturated carbocycles. The van der Waals surface area contributed by atoms with Gasteiger partial charge in [0.1, 0.15) is 5.75 Å². The van der Waals surface area contributed by atoms with Gasteiger partial charge < -0.3 is 19.7 Å². The van der Waals surface area contributed by atoms with E-state index in [-0.39, 0.29) is 17.6 Å². The van der Waals surface area contributed by atoms with Crippen molar-refractivity contribution in [2.45, 2.75) is 32.9 Å². The van der Waals surface area contributed by atoms with Crippen LogP contribution < -0.4 is 10.1 Å². The molecule has 1 atom stereocenters. The molecule has 1 aromatic rings. The van der Waals surface area contributed by atoms with Crippen molar-refractivity contribution in [3.8, 4) is 5.75 Å². The summed E-state index contributed by atoms with van der Waals surface area (Å²) >= 11 is 0. The summed E-state index contributed by atoms with van der Waals surface area (Å²) in [6, 6.07) is 6.52. The van der Waals surface area contributed by atoms with Crippen LogP contribution in [-0.4, -0.2) is 50.2 Å². The molecule has 1 unspecified atom stereocenters. The van der Waals surface area contributed by atoms with Crippen molar-refractivity contribution in [3.63, 3.8) is 0 Å².